The molecule has 0 bridgehead atoms. The predicted octanol–water partition coefficient (Wildman–Crippen LogP) is 2.33. The van der Waals surface area contributed by atoms with Crippen molar-refractivity contribution in [2.75, 3.05) is 6.61 Å². The van der Waals surface area contributed by atoms with E-state index >= 15 is 0 Å². The lowest BCUT2D eigenvalue weighted by Gasteiger charge is -2.12. The van der Waals surface area contributed by atoms with E-state index in [-0.39, 0.29) is 12.4 Å². The van der Waals surface area contributed by atoms with Gasteiger partial charge >= 0.3 is 5.97 Å². The Morgan fingerprint density at radius 1 is 1.47 bits per heavy atom. The number of hydrogen-bond acceptors (Lipinski definition) is 4. The van der Waals surface area contributed by atoms with E-state index < -0.39 is 6.04 Å². The predicted molar refractivity (Wildman–Crippen MR) is 63.3 cm³/mol. The van der Waals surface area contributed by atoms with Crippen molar-refractivity contribution in [2.24, 2.45) is 4.99 Å². The highest BCUT2D eigenvalue weighted by Crippen LogP contribution is 2.24. The number of benzene rings is 1. The normalized spacial score (nSPS) is 11.4. The lowest BCUT2D eigenvalue weighted by Crippen LogP contribution is -2.10. The number of carbonyl (C=O) groups is 1. The van der Waals surface area contributed by atoms with Crippen molar-refractivity contribution >= 4 is 12.0 Å². The molecule has 1 aromatic carbocycles. The van der Waals surface area contributed by atoms with E-state index in [0.29, 0.717) is 6.61 Å². The summed E-state index contributed by atoms with van der Waals surface area (Å²) in [5.41, 5.74) is 1.84. The van der Waals surface area contributed by atoms with Gasteiger partial charge in [0, 0.05) is 0 Å². The lowest BCUT2D eigenvalue weighted by atomic mass is 9.99. The maximum atomic E-state index is 11.4. The number of aryl methyl sites for hydroxylation is 1. The summed E-state index contributed by atoms with van der Waals surface area (Å²) in [7, 11) is 0. The van der Waals surface area contributed by atoms with Gasteiger partial charge in [0.2, 0.25) is 6.08 Å². The van der Waals surface area contributed by atoms with Gasteiger partial charge in [-0.15, -0.1) is 0 Å². The largest absolute Gasteiger partial charge is 0.466 e. The second kappa shape index (κ2) is 6.61. The van der Waals surface area contributed by atoms with Crippen LogP contribution in [0.25, 0.3) is 0 Å². The molecule has 0 fully saturated rings. The van der Waals surface area contributed by atoms with E-state index in [0.717, 1.165) is 11.1 Å². The monoisotopic (exact) mass is 233 g/mol. The highest BCUT2D eigenvalue weighted by atomic mass is 16.5. The van der Waals surface area contributed by atoms with Crippen LogP contribution in [0, 0.1) is 6.92 Å². The van der Waals surface area contributed by atoms with Crippen molar-refractivity contribution in [1.29, 1.82) is 0 Å². The van der Waals surface area contributed by atoms with Crippen LogP contribution in [0.3, 0.4) is 0 Å². The SMILES string of the molecule is CCOC(=O)C[C@H](N=C=O)c1ccccc1C. The summed E-state index contributed by atoms with van der Waals surface area (Å²) in [4.78, 5) is 25.5. The fraction of sp³-hybridized carbons (Fsp3) is 0.385. The summed E-state index contributed by atoms with van der Waals surface area (Å²) in [6, 6.07) is 6.99. The molecule has 0 saturated carbocycles. The summed E-state index contributed by atoms with van der Waals surface area (Å²) >= 11 is 0. The van der Waals surface area contributed by atoms with Gasteiger partial charge in [-0.3, -0.25) is 4.79 Å². The van der Waals surface area contributed by atoms with Gasteiger partial charge in [-0.25, -0.2) is 4.79 Å². The highest BCUT2D eigenvalue weighted by molar-refractivity contribution is 5.70. The molecule has 0 aliphatic heterocycles. The van der Waals surface area contributed by atoms with Crippen LogP contribution in [-0.2, 0) is 14.3 Å². The Hall–Kier alpha value is -1.93. The van der Waals surface area contributed by atoms with Gasteiger partial charge in [0.25, 0.3) is 0 Å². The molecule has 0 radical (unpaired) electrons. The van der Waals surface area contributed by atoms with E-state index in [1.54, 1.807) is 6.92 Å². The zero-order chi connectivity index (χ0) is 12.7. The summed E-state index contributed by atoms with van der Waals surface area (Å²) < 4.78 is 4.85. The number of aliphatic imine (C=N–C) groups is 1. The minimum absolute atomic E-state index is 0.0634. The van der Waals surface area contributed by atoms with Gasteiger partial charge in [-0.05, 0) is 25.0 Å². The van der Waals surface area contributed by atoms with E-state index in [4.69, 9.17) is 4.74 Å². The van der Waals surface area contributed by atoms with Crippen molar-refractivity contribution in [1.82, 2.24) is 0 Å². The van der Waals surface area contributed by atoms with Gasteiger partial charge in [0.1, 0.15) is 0 Å². The average molecular weight is 233 g/mol. The molecular formula is C13H15NO3. The maximum Gasteiger partial charge on any atom is 0.308 e. The first kappa shape index (κ1) is 13.1. The number of rotatable bonds is 5. The quantitative estimate of drug-likeness (QED) is 0.445. The first-order valence-corrected chi connectivity index (χ1v) is 5.47. The average Bonchev–Trinajstić information content (AvgIpc) is 2.29. The first-order valence-electron chi connectivity index (χ1n) is 5.47. The second-order valence-electron chi connectivity index (χ2n) is 3.60. The van der Waals surface area contributed by atoms with Crippen molar-refractivity contribution < 1.29 is 14.3 Å². The molecule has 1 aromatic rings. The van der Waals surface area contributed by atoms with E-state index in [9.17, 15) is 9.59 Å². The zero-order valence-corrected chi connectivity index (χ0v) is 9.97. The van der Waals surface area contributed by atoms with Crippen LogP contribution in [0.4, 0.5) is 0 Å². The van der Waals surface area contributed by atoms with Crippen molar-refractivity contribution in [3.63, 3.8) is 0 Å². The van der Waals surface area contributed by atoms with E-state index in [1.165, 1.54) is 6.08 Å². The second-order valence-corrected chi connectivity index (χ2v) is 3.60. The minimum atomic E-state index is -0.507. The number of carbonyl (C=O) groups excluding carboxylic acids is 2. The molecule has 1 atom stereocenters. The fourth-order valence-corrected chi connectivity index (χ4v) is 1.63. The molecule has 4 heteroatoms. The molecule has 0 aliphatic carbocycles. The molecule has 17 heavy (non-hydrogen) atoms. The summed E-state index contributed by atoms with van der Waals surface area (Å²) in [6.07, 6.45) is 1.57. The third kappa shape index (κ3) is 3.85. The van der Waals surface area contributed by atoms with E-state index in [1.807, 2.05) is 31.2 Å². The van der Waals surface area contributed by atoms with Crippen LogP contribution in [0.2, 0.25) is 0 Å². The number of isocyanates is 1. The third-order valence-electron chi connectivity index (χ3n) is 2.42. The van der Waals surface area contributed by atoms with Crippen molar-refractivity contribution in [2.45, 2.75) is 26.3 Å². The van der Waals surface area contributed by atoms with Crippen LogP contribution < -0.4 is 0 Å². The molecule has 90 valence electrons. The Bertz CT molecular complexity index is 436. The summed E-state index contributed by atoms with van der Waals surface area (Å²) in [5.74, 6) is -0.361. The highest BCUT2D eigenvalue weighted by Gasteiger charge is 2.17. The number of nitrogens with zero attached hydrogens (tertiary/aromatic N) is 1. The molecule has 0 spiro atoms. The van der Waals surface area contributed by atoms with Gasteiger partial charge in [0.15, 0.2) is 0 Å². The number of esters is 1. The van der Waals surface area contributed by atoms with Crippen LogP contribution in [0.15, 0.2) is 29.3 Å². The topological polar surface area (TPSA) is 55.7 Å². The molecule has 1 rings (SSSR count). The molecule has 0 aliphatic rings. The van der Waals surface area contributed by atoms with E-state index in [2.05, 4.69) is 4.99 Å². The summed E-state index contributed by atoms with van der Waals surface area (Å²) in [5, 5.41) is 0. The molecule has 0 N–H and O–H groups in total. The van der Waals surface area contributed by atoms with Gasteiger partial charge in [-0.2, -0.15) is 4.99 Å². The fourth-order valence-electron chi connectivity index (χ4n) is 1.63. The summed E-state index contributed by atoms with van der Waals surface area (Å²) in [6.45, 7) is 3.97. The number of ether oxygens (including phenoxy) is 1. The molecule has 0 amide bonds. The van der Waals surface area contributed by atoms with Crippen LogP contribution in [-0.4, -0.2) is 18.7 Å². The third-order valence-corrected chi connectivity index (χ3v) is 2.42. The number of hydrogen-bond donors (Lipinski definition) is 0. The maximum absolute atomic E-state index is 11.4. The molecule has 0 saturated heterocycles. The Morgan fingerprint density at radius 3 is 2.76 bits per heavy atom. The molecule has 0 unspecified atom stereocenters. The molecule has 0 heterocycles. The van der Waals surface area contributed by atoms with Crippen molar-refractivity contribution in [3.05, 3.63) is 35.4 Å². The smallest absolute Gasteiger partial charge is 0.308 e. The Morgan fingerprint density at radius 2 is 2.18 bits per heavy atom. The van der Waals surface area contributed by atoms with Gasteiger partial charge < -0.3 is 4.74 Å². The molecule has 0 aromatic heterocycles. The molecule has 4 nitrogen and oxygen atoms in total. The standard InChI is InChI=1S/C13H15NO3/c1-3-17-13(16)8-12(14-9-15)11-7-5-4-6-10(11)2/h4-7,12H,3,8H2,1-2H3/t12-/m0/s1. The molecular weight excluding hydrogens is 218 g/mol. The first-order chi connectivity index (χ1) is 8.19. The Labute approximate surface area is 100 Å². The van der Waals surface area contributed by atoms with Crippen LogP contribution >= 0.6 is 0 Å². The van der Waals surface area contributed by atoms with Gasteiger partial charge in [0.05, 0.1) is 19.1 Å². The Balaban J connectivity index is 2.90. The van der Waals surface area contributed by atoms with Crippen LogP contribution in [0.1, 0.15) is 30.5 Å². The Kier molecular flexibility index (Phi) is 5.11. The lowest BCUT2D eigenvalue weighted by molar-refractivity contribution is -0.143. The van der Waals surface area contributed by atoms with Gasteiger partial charge in [-0.1, -0.05) is 24.3 Å². The van der Waals surface area contributed by atoms with Crippen LogP contribution in [0.5, 0.6) is 0 Å². The van der Waals surface area contributed by atoms with Crippen molar-refractivity contribution in [3.8, 4) is 0 Å². The minimum Gasteiger partial charge on any atom is -0.466 e. The zero-order valence-electron chi connectivity index (χ0n) is 9.97.